The van der Waals surface area contributed by atoms with Gasteiger partial charge in [-0.05, 0) is 29.8 Å². The van der Waals surface area contributed by atoms with Gasteiger partial charge in [-0.3, -0.25) is 0 Å². The molecule has 0 saturated carbocycles. The third kappa shape index (κ3) is 2.84. The van der Waals surface area contributed by atoms with Crippen molar-refractivity contribution in [1.82, 2.24) is 9.97 Å². The molecule has 82 valence electrons. The molecule has 1 aromatic carbocycles. The Labute approximate surface area is 106 Å². The molecule has 0 aliphatic rings. The van der Waals surface area contributed by atoms with E-state index in [1.165, 1.54) is 30.1 Å². The second kappa shape index (κ2) is 4.99. The smallest absolute Gasteiger partial charge is 0.223 e. The molecule has 0 atom stereocenters. The number of nitrogens with zero attached hydrogens (tertiary/aromatic N) is 2. The molecule has 2 rings (SSSR count). The van der Waals surface area contributed by atoms with E-state index in [1.54, 1.807) is 12.1 Å². The highest BCUT2D eigenvalue weighted by atomic mass is 35.5. The van der Waals surface area contributed by atoms with Crippen molar-refractivity contribution in [3.05, 3.63) is 46.6 Å². The van der Waals surface area contributed by atoms with Gasteiger partial charge in [0.1, 0.15) is 10.8 Å². The lowest BCUT2D eigenvalue weighted by Gasteiger charge is -2.02. The van der Waals surface area contributed by atoms with Gasteiger partial charge in [-0.2, -0.15) is 0 Å². The lowest BCUT2D eigenvalue weighted by atomic mass is 10.4. The molecule has 2 nitrogen and oxygen atoms in total. The number of hydrogen-bond acceptors (Lipinski definition) is 3. The van der Waals surface area contributed by atoms with Crippen LogP contribution in [0.25, 0.3) is 0 Å². The maximum Gasteiger partial charge on any atom is 0.223 e. The molecule has 0 spiro atoms. The van der Waals surface area contributed by atoms with E-state index >= 15 is 0 Å². The third-order valence-electron chi connectivity index (χ3n) is 1.69. The first kappa shape index (κ1) is 11.6. The Hall–Kier alpha value is -0.840. The van der Waals surface area contributed by atoms with Crippen molar-refractivity contribution in [2.24, 2.45) is 0 Å². The van der Waals surface area contributed by atoms with Crippen LogP contribution in [0.1, 0.15) is 0 Å². The van der Waals surface area contributed by atoms with Crippen molar-refractivity contribution in [3.8, 4) is 0 Å². The van der Waals surface area contributed by atoms with Crippen LogP contribution in [0.4, 0.5) is 4.39 Å². The molecule has 0 amide bonds. The van der Waals surface area contributed by atoms with Gasteiger partial charge in [-0.1, -0.05) is 29.4 Å². The SMILES string of the molecule is Fc1cccc(Sc2nc(Cl)ncc2Cl)c1. The first-order chi connectivity index (χ1) is 7.65. The van der Waals surface area contributed by atoms with Gasteiger partial charge in [0.15, 0.2) is 0 Å². The molecule has 0 unspecified atom stereocenters. The molecule has 0 saturated heterocycles. The topological polar surface area (TPSA) is 25.8 Å². The summed E-state index contributed by atoms with van der Waals surface area (Å²) in [7, 11) is 0. The highest BCUT2D eigenvalue weighted by Gasteiger charge is 2.06. The zero-order valence-corrected chi connectivity index (χ0v) is 10.2. The predicted octanol–water partition coefficient (Wildman–Crippen LogP) is 4.07. The summed E-state index contributed by atoms with van der Waals surface area (Å²) in [6.07, 6.45) is 1.42. The number of rotatable bonds is 2. The summed E-state index contributed by atoms with van der Waals surface area (Å²) in [6.45, 7) is 0. The van der Waals surface area contributed by atoms with Crippen molar-refractivity contribution in [3.63, 3.8) is 0 Å². The quantitative estimate of drug-likeness (QED) is 0.610. The minimum atomic E-state index is -0.304. The van der Waals surface area contributed by atoms with E-state index in [4.69, 9.17) is 23.2 Å². The zero-order valence-electron chi connectivity index (χ0n) is 7.82. The lowest BCUT2D eigenvalue weighted by Crippen LogP contribution is -1.86. The van der Waals surface area contributed by atoms with Crippen molar-refractivity contribution >= 4 is 35.0 Å². The van der Waals surface area contributed by atoms with Crippen LogP contribution in [0.2, 0.25) is 10.3 Å². The Bertz CT molecular complexity index is 522. The summed E-state index contributed by atoms with van der Waals surface area (Å²) in [6, 6.07) is 6.16. The first-order valence-electron chi connectivity index (χ1n) is 4.26. The molecule has 1 aromatic heterocycles. The standard InChI is InChI=1S/C10H5Cl2FN2S/c11-8-5-14-10(12)15-9(8)16-7-3-1-2-6(13)4-7/h1-5H. The van der Waals surface area contributed by atoms with Gasteiger partial charge in [-0.15, -0.1) is 0 Å². The van der Waals surface area contributed by atoms with E-state index in [9.17, 15) is 4.39 Å². The second-order valence-corrected chi connectivity index (χ2v) is 4.66. The van der Waals surface area contributed by atoms with Gasteiger partial charge in [0, 0.05) is 4.90 Å². The van der Waals surface area contributed by atoms with Crippen LogP contribution >= 0.6 is 35.0 Å². The fourth-order valence-corrected chi connectivity index (χ4v) is 2.26. The Morgan fingerprint density at radius 3 is 2.81 bits per heavy atom. The number of halogens is 3. The highest BCUT2D eigenvalue weighted by Crippen LogP contribution is 2.31. The van der Waals surface area contributed by atoms with Gasteiger partial charge in [0.2, 0.25) is 5.28 Å². The molecule has 2 aromatic rings. The minimum Gasteiger partial charge on any atom is -0.225 e. The number of benzene rings is 1. The van der Waals surface area contributed by atoms with E-state index in [-0.39, 0.29) is 11.1 Å². The van der Waals surface area contributed by atoms with Crippen LogP contribution in [0.5, 0.6) is 0 Å². The van der Waals surface area contributed by atoms with Crippen molar-refractivity contribution < 1.29 is 4.39 Å². The fourth-order valence-electron chi connectivity index (χ4n) is 1.04. The summed E-state index contributed by atoms with van der Waals surface area (Å²) in [5.41, 5.74) is 0. The molecule has 1 heterocycles. The summed E-state index contributed by atoms with van der Waals surface area (Å²) >= 11 is 12.8. The van der Waals surface area contributed by atoms with Crippen molar-refractivity contribution in [2.45, 2.75) is 9.92 Å². The Kier molecular flexibility index (Phi) is 3.63. The van der Waals surface area contributed by atoms with Gasteiger partial charge in [-0.25, -0.2) is 14.4 Å². The molecule has 16 heavy (non-hydrogen) atoms. The number of aromatic nitrogens is 2. The van der Waals surface area contributed by atoms with Crippen molar-refractivity contribution in [1.29, 1.82) is 0 Å². The van der Waals surface area contributed by atoms with E-state index < -0.39 is 0 Å². The molecule has 0 bridgehead atoms. The predicted molar refractivity (Wildman–Crippen MR) is 62.6 cm³/mol. The lowest BCUT2D eigenvalue weighted by molar-refractivity contribution is 0.624. The summed E-state index contributed by atoms with van der Waals surface area (Å²) in [5, 5.41) is 1.01. The van der Waals surface area contributed by atoms with E-state index in [0.29, 0.717) is 14.9 Å². The van der Waals surface area contributed by atoms with Gasteiger partial charge in [0.25, 0.3) is 0 Å². The van der Waals surface area contributed by atoms with Crippen LogP contribution in [-0.4, -0.2) is 9.97 Å². The molecule has 0 aliphatic carbocycles. The Morgan fingerprint density at radius 2 is 2.06 bits per heavy atom. The van der Waals surface area contributed by atoms with Crippen molar-refractivity contribution in [2.75, 3.05) is 0 Å². The summed E-state index contributed by atoms with van der Waals surface area (Å²) in [4.78, 5) is 8.40. The van der Waals surface area contributed by atoms with E-state index in [1.807, 2.05) is 0 Å². The molecule has 6 heteroatoms. The fraction of sp³-hybridized carbons (Fsp3) is 0. The van der Waals surface area contributed by atoms with Crippen LogP contribution in [-0.2, 0) is 0 Å². The molecular weight excluding hydrogens is 270 g/mol. The highest BCUT2D eigenvalue weighted by molar-refractivity contribution is 7.99. The van der Waals surface area contributed by atoms with Crippen LogP contribution in [0.3, 0.4) is 0 Å². The average molecular weight is 275 g/mol. The summed E-state index contributed by atoms with van der Waals surface area (Å²) in [5.74, 6) is -0.304. The molecule has 0 aliphatic heterocycles. The normalized spacial score (nSPS) is 10.4. The third-order valence-corrected chi connectivity index (χ3v) is 3.26. The molecular formula is C10H5Cl2FN2S. The number of hydrogen-bond donors (Lipinski definition) is 0. The van der Waals surface area contributed by atoms with Gasteiger partial charge < -0.3 is 0 Å². The second-order valence-electron chi connectivity index (χ2n) is 2.85. The molecule has 0 N–H and O–H groups in total. The van der Waals surface area contributed by atoms with Crippen LogP contribution < -0.4 is 0 Å². The summed E-state index contributed by atoms with van der Waals surface area (Å²) < 4.78 is 12.9. The Morgan fingerprint density at radius 1 is 1.25 bits per heavy atom. The van der Waals surface area contributed by atoms with Crippen LogP contribution in [0, 0.1) is 5.82 Å². The monoisotopic (exact) mass is 274 g/mol. The van der Waals surface area contributed by atoms with Gasteiger partial charge >= 0.3 is 0 Å². The first-order valence-corrected chi connectivity index (χ1v) is 5.84. The van der Waals surface area contributed by atoms with E-state index in [0.717, 1.165) is 0 Å². The maximum atomic E-state index is 12.9. The molecule has 0 radical (unpaired) electrons. The minimum absolute atomic E-state index is 0.114. The largest absolute Gasteiger partial charge is 0.225 e. The average Bonchev–Trinajstić information content (AvgIpc) is 2.24. The zero-order chi connectivity index (χ0) is 11.5. The molecule has 0 fully saturated rings. The Balaban J connectivity index is 2.30. The maximum absolute atomic E-state index is 12.9. The van der Waals surface area contributed by atoms with E-state index in [2.05, 4.69) is 9.97 Å². The van der Waals surface area contributed by atoms with Gasteiger partial charge in [0.05, 0.1) is 11.2 Å². The van der Waals surface area contributed by atoms with Crippen LogP contribution in [0.15, 0.2) is 40.4 Å².